The predicted octanol–water partition coefficient (Wildman–Crippen LogP) is 6.02. The van der Waals surface area contributed by atoms with Gasteiger partial charge in [-0.05, 0) is 43.2 Å². The molecule has 148 valence electrons. The first kappa shape index (κ1) is 21.9. The van der Waals surface area contributed by atoms with Crippen LogP contribution in [0.3, 0.4) is 0 Å². The van der Waals surface area contributed by atoms with Crippen molar-refractivity contribution < 1.29 is 9.59 Å². The van der Waals surface area contributed by atoms with E-state index in [-0.39, 0.29) is 11.8 Å². The Morgan fingerprint density at radius 3 is 2.11 bits per heavy atom. The third-order valence-electron chi connectivity index (χ3n) is 3.66. The van der Waals surface area contributed by atoms with E-state index in [0.717, 1.165) is 0 Å². The number of rotatable bonds is 10. The van der Waals surface area contributed by atoms with E-state index in [1.807, 2.05) is 30.3 Å². The minimum absolute atomic E-state index is 0.140. The average Bonchev–Trinajstić information content (AvgIpc) is 2.71. The molecule has 0 atom stereocenters. The number of azo groups is 1. The van der Waals surface area contributed by atoms with E-state index in [1.165, 1.54) is 0 Å². The van der Waals surface area contributed by atoms with Crippen LogP contribution in [-0.2, 0) is 9.59 Å². The number of halogens is 2. The highest BCUT2D eigenvalue weighted by Crippen LogP contribution is 2.30. The van der Waals surface area contributed by atoms with Crippen molar-refractivity contribution in [1.82, 2.24) is 0 Å². The number of nitrogens with one attached hydrogen (secondary N) is 2. The molecule has 2 N–H and O–H groups in total. The summed E-state index contributed by atoms with van der Waals surface area (Å²) in [6.07, 6.45) is 1.79. The Labute approximate surface area is 174 Å². The van der Waals surface area contributed by atoms with Gasteiger partial charge in [0, 0.05) is 30.3 Å². The Kier molecular flexibility index (Phi) is 9.45. The Hall–Kier alpha value is -2.44. The molecule has 0 unspecified atom stereocenters. The molecule has 2 aromatic carbocycles. The molecule has 2 amide bonds. The number of alkyl halides is 2. The van der Waals surface area contributed by atoms with Crippen LogP contribution >= 0.6 is 23.2 Å². The van der Waals surface area contributed by atoms with Crippen molar-refractivity contribution in [2.24, 2.45) is 10.2 Å². The van der Waals surface area contributed by atoms with E-state index >= 15 is 0 Å². The lowest BCUT2D eigenvalue weighted by atomic mass is 10.2. The Morgan fingerprint density at radius 2 is 1.46 bits per heavy atom. The van der Waals surface area contributed by atoms with Crippen LogP contribution in [-0.4, -0.2) is 23.6 Å². The summed E-state index contributed by atoms with van der Waals surface area (Å²) >= 11 is 11.3. The molecule has 28 heavy (non-hydrogen) atoms. The fraction of sp³-hybridized carbons (Fsp3) is 0.300. The van der Waals surface area contributed by atoms with Gasteiger partial charge in [-0.3, -0.25) is 9.59 Å². The summed E-state index contributed by atoms with van der Waals surface area (Å²) in [5, 5.41) is 14.0. The van der Waals surface area contributed by atoms with E-state index in [0.29, 0.717) is 60.2 Å². The lowest BCUT2D eigenvalue weighted by Crippen LogP contribution is -2.13. The molecule has 0 aliphatic rings. The third kappa shape index (κ3) is 7.66. The van der Waals surface area contributed by atoms with Crippen LogP contribution in [0, 0.1) is 0 Å². The van der Waals surface area contributed by atoms with Crippen molar-refractivity contribution in [1.29, 1.82) is 0 Å². The molecule has 0 aliphatic carbocycles. The number of anilines is 2. The molecule has 8 heteroatoms. The second-order valence-electron chi connectivity index (χ2n) is 5.95. The Balaban J connectivity index is 2.20. The fourth-order valence-corrected chi connectivity index (χ4v) is 2.57. The normalized spacial score (nSPS) is 10.8. The molecule has 0 bridgehead atoms. The van der Waals surface area contributed by atoms with Crippen molar-refractivity contribution in [3.63, 3.8) is 0 Å². The van der Waals surface area contributed by atoms with Crippen LogP contribution in [0.25, 0.3) is 0 Å². The highest BCUT2D eigenvalue weighted by molar-refractivity contribution is 6.18. The van der Waals surface area contributed by atoms with Gasteiger partial charge in [-0.2, -0.15) is 5.11 Å². The minimum atomic E-state index is -0.178. The maximum absolute atomic E-state index is 12.1. The topological polar surface area (TPSA) is 82.9 Å². The number of benzene rings is 2. The molecule has 0 saturated carbocycles. The molecule has 0 saturated heterocycles. The fourth-order valence-electron chi connectivity index (χ4n) is 2.30. The van der Waals surface area contributed by atoms with Crippen LogP contribution in [0.4, 0.5) is 22.7 Å². The van der Waals surface area contributed by atoms with Crippen LogP contribution in [0.5, 0.6) is 0 Å². The van der Waals surface area contributed by atoms with Gasteiger partial charge in [0.1, 0.15) is 5.69 Å². The standard InChI is InChI=1S/C20H22Cl2N4O2/c21-12-4-8-19(27)23-16-10-11-17(26-25-15-6-2-1-3-7-15)18(14-16)24-20(28)9-5-13-22/h1-3,6-7,10-11,14H,4-5,8-9,12-13H2,(H,23,27)(H,24,28). The molecule has 0 aliphatic heterocycles. The molecule has 0 fully saturated rings. The summed E-state index contributed by atoms with van der Waals surface area (Å²) in [7, 11) is 0. The summed E-state index contributed by atoms with van der Waals surface area (Å²) in [5.41, 5.74) is 2.21. The Morgan fingerprint density at radius 1 is 0.821 bits per heavy atom. The number of carbonyl (C=O) groups is 2. The quantitative estimate of drug-likeness (QED) is 0.363. The Bertz CT molecular complexity index is 813. The van der Waals surface area contributed by atoms with Crippen LogP contribution in [0.15, 0.2) is 58.8 Å². The van der Waals surface area contributed by atoms with E-state index in [4.69, 9.17) is 23.2 Å². The number of amides is 2. The molecule has 0 heterocycles. The van der Waals surface area contributed by atoms with Gasteiger partial charge in [-0.1, -0.05) is 18.2 Å². The first-order valence-corrected chi connectivity index (χ1v) is 10.0. The van der Waals surface area contributed by atoms with Crippen molar-refractivity contribution in [2.45, 2.75) is 25.7 Å². The maximum atomic E-state index is 12.1. The highest BCUT2D eigenvalue weighted by Gasteiger charge is 2.10. The smallest absolute Gasteiger partial charge is 0.224 e. The lowest BCUT2D eigenvalue weighted by Gasteiger charge is -2.11. The number of hydrogen-bond acceptors (Lipinski definition) is 4. The number of nitrogens with zero attached hydrogens (tertiary/aromatic N) is 2. The average molecular weight is 421 g/mol. The maximum Gasteiger partial charge on any atom is 0.224 e. The largest absolute Gasteiger partial charge is 0.326 e. The monoisotopic (exact) mass is 420 g/mol. The lowest BCUT2D eigenvalue weighted by molar-refractivity contribution is -0.117. The SMILES string of the molecule is O=C(CCCCl)Nc1ccc(N=Nc2ccccc2)c(NC(=O)CCCCl)c1. The van der Waals surface area contributed by atoms with Gasteiger partial charge in [0.25, 0.3) is 0 Å². The van der Waals surface area contributed by atoms with Crippen molar-refractivity contribution in [3.8, 4) is 0 Å². The zero-order valence-electron chi connectivity index (χ0n) is 15.3. The van der Waals surface area contributed by atoms with Gasteiger partial charge >= 0.3 is 0 Å². The molecule has 6 nitrogen and oxygen atoms in total. The van der Waals surface area contributed by atoms with Gasteiger partial charge in [0.15, 0.2) is 0 Å². The molecule has 2 rings (SSSR count). The minimum Gasteiger partial charge on any atom is -0.326 e. The molecule has 2 aromatic rings. The number of carbonyl (C=O) groups excluding carboxylic acids is 2. The molecule has 0 radical (unpaired) electrons. The summed E-state index contributed by atoms with van der Waals surface area (Å²) in [6, 6.07) is 14.3. The third-order valence-corrected chi connectivity index (χ3v) is 4.19. The first-order chi connectivity index (χ1) is 13.6. The summed E-state index contributed by atoms with van der Waals surface area (Å²) < 4.78 is 0. The van der Waals surface area contributed by atoms with Crippen molar-refractivity contribution in [3.05, 3.63) is 48.5 Å². The second kappa shape index (κ2) is 12.1. The van der Waals surface area contributed by atoms with Crippen molar-refractivity contribution >= 4 is 57.8 Å². The van der Waals surface area contributed by atoms with Gasteiger partial charge in [-0.25, -0.2) is 0 Å². The zero-order valence-corrected chi connectivity index (χ0v) is 16.8. The second-order valence-corrected chi connectivity index (χ2v) is 6.70. The van der Waals surface area contributed by atoms with Gasteiger partial charge in [-0.15, -0.1) is 28.3 Å². The van der Waals surface area contributed by atoms with E-state index in [2.05, 4.69) is 20.9 Å². The van der Waals surface area contributed by atoms with E-state index < -0.39 is 0 Å². The van der Waals surface area contributed by atoms with E-state index in [9.17, 15) is 9.59 Å². The van der Waals surface area contributed by atoms with Crippen LogP contribution in [0.1, 0.15) is 25.7 Å². The van der Waals surface area contributed by atoms with Crippen molar-refractivity contribution in [2.75, 3.05) is 22.4 Å². The summed E-state index contributed by atoms with van der Waals surface area (Å²) in [6.45, 7) is 0. The summed E-state index contributed by atoms with van der Waals surface area (Å²) in [4.78, 5) is 24.1. The van der Waals surface area contributed by atoms with Gasteiger partial charge in [0.05, 0.1) is 11.4 Å². The van der Waals surface area contributed by atoms with Crippen LogP contribution in [0.2, 0.25) is 0 Å². The number of hydrogen-bond donors (Lipinski definition) is 2. The highest BCUT2D eigenvalue weighted by atomic mass is 35.5. The zero-order chi connectivity index (χ0) is 20.2. The van der Waals surface area contributed by atoms with E-state index in [1.54, 1.807) is 18.2 Å². The van der Waals surface area contributed by atoms with Gasteiger partial charge in [0.2, 0.25) is 11.8 Å². The van der Waals surface area contributed by atoms with Gasteiger partial charge < -0.3 is 10.6 Å². The van der Waals surface area contributed by atoms with Crippen LogP contribution < -0.4 is 10.6 Å². The molecular formula is C20H22Cl2N4O2. The molecule has 0 spiro atoms. The first-order valence-electron chi connectivity index (χ1n) is 8.95. The summed E-state index contributed by atoms with van der Waals surface area (Å²) in [5.74, 6) is 0.514. The molecule has 0 aromatic heterocycles. The predicted molar refractivity (Wildman–Crippen MR) is 114 cm³/mol. The molecular weight excluding hydrogens is 399 g/mol.